The van der Waals surface area contributed by atoms with E-state index in [9.17, 15) is 0 Å². The molecule has 0 aliphatic carbocycles. The Morgan fingerprint density at radius 1 is 1.75 bits per heavy atom. The van der Waals surface area contributed by atoms with Crippen molar-refractivity contribution in [3.63, 3.8) is 0 Å². The minimum absolute atomic E-state index is 0.389. The first kappa shape index (κ1) is 10.4. The topological polar surface area (TPSA) is 82.8 Å². The second-order valence-corrected chi connectivity index (χ2v) is 1.15. The summed E-state index contributed by atoms with van der Waals surface area (Å²) in [4.78, 5) is 9.13. The number of carboxylic acids is 1. The Hall–Kier alpha value is -0.610. The van der Waals surface area contributed by atoms with Gasteiger partial charge in [0.1, 0.15) is 0 Å². The number of hydrogen-bond acceptors (Lipinski definition) is 3. The summed E-state index contributed by atoms with van der Waals surface area (Å²) in [5, 5.41) is 11.1. The maximum atomic E-state index is 9.13. The summed E-state index contributed by atoms with van der Waals surface area (Å²) in [5.41, 5.74) is 4.51. The number of rotatable bonds is 1. The van der Waals surface area contributed by atoms with E-state index >= 15 is 0 Å². The standard InChI is InChI=1S/C2H5NO2.C2H7N/c3-1-2(4)5;1-3-2/h1,3H2,(H,4,5);3H,1-2H3. The van der Waals surface area contributed by atoms with Crippen LogP contribution in [0.5, 0.6) is 0 Å². The van der Waals surface area contributed by atoms with Gasteiger partial charge in [-0.3, -0.25) is 0 Å². The summed E-state index contributed by atoms with van der Waals surface area (Å²) < 4.78 is 0. The normalized spacial score (nSPS) is 6.88. The summed E-state index contributed by atoms with van der Waals surface area (Å²) >= 11 is 0. The molecule has 0 saturated carbocycles. The molecule has 0 aromatic carbocycles. The second-order valence-electron chi connectivity index (χ2n) is 1.15. The van der Waals surface area contributed by atoms with Crippen molar-refractivity contribution in [2.75, 3.05) is 20.6 Å². The Balaban J connectivity index is 0. The number of quaternary nitrogens is 1. The molecule has 0 aliphatic heterocycles. The molecule has 0 aromatic heterocycles. The molecule has 0 fully saturated rings. The average Bonchev–Trinajstić information content (AvgIpc) is 1.69. The lowest BCUT2D eigenvalue weighted by Crippen LogP contribution is -2.74. The van der Waals surface area contributed by atoms with Crippen molar-refractivity contribution in [3.05, 3.63) is 0 Å². The molecule has 0 bridgehead atoms. The number of carboxylic acid groups (broad SMARTS) is 1. The zero-order valence-electron chi connectivity index (χ0n) is 5.18. The van der Waals surface area contributed by atoms with Gasteiger partial charge in [0.2, 0.25) is 0 Å². The van der Waals surface area contributed by atoms with Gasteiger partial charge in [-0.05, 0) is 0 Å². The Labute approximate surface area is 48.7 Å². The van der Waals surface area contributed by atoms with E-state index in [0.29, 0.717) is 0 Å². The first-order valence-corrected chi connectivity index (χ1v) is 2.32. The third kappa shape index (κ3) is 53.8. The lowest BCUT2D eigenvalue weighted by molar-refractivity contribution is -0.597. The fourth-order valence-corrected chi connectivity index (χ4v) is 0. The van der Waals surface area contributed by atoms with Crippen LogP contribution in [0.15, 0.2) is 0 Å². The highest BCUT2D eigenvalue weighted by Gasteiger charge is 1.65. The highest BCUT2D eigenvalue weighted by molar-refractivity contribution is 5.66. The van der Waals surface area contributed by atoms with Crippen LogP contribution in [0.2, 0.25) is 0 Å². The van der Waals surface area contributed by atoms with Crippen molar-refractivity contribution in [3.8, 4) is 0 Å². The Kier molecular flexibility index (Phi) is 12.5. The van der Waals surface area contributed by atoms with E-state index in [2.05, 4.69) is 5.73 Å². The zero-order chi connectivity index (χ0) is 6.99. The number of aliphatic carboxylic acids is 1. The molecular weight excluding hydrogens is 108 g/mol. The predicted molar refractivity (Wildman–Crippen MR) is 27.8 cm³/mol. The van der Waals surface area contributed by atoms with Crippen LogP contribution >= 0.6 is 0 Å². The molecule has 0 amide bonds. The monoisotopic (exact) mass is 120 g/mol. The Morgan fingerprint density at radius 3 is 1.88 bits per heavy atom. The summed E-state index contributed by atoms with van der Waals surface area (Å²) in [5.74, 6) is -1.22. The second kappa shape index (κ2) is 9.63. The molecule has 0 saturated heterocycles. The van der Waals surface area contributed by atoms with Gasteiger partial charge in [0.15, 0.2) is 0 Å². The van der Waals surface area contributed by atoms with E-state index < -0.39 is 5.97 Å². The molecule has 0 aliphatic rings. The highest BCUT2D eigenvalue weighted by Crippen LogP contribution is 1.33. The minimum atomic E-state index is -1.22. The molecule has 4 heteroatoms. The molecule has 0 heterocycles. The molecule has 0 rings (SSSR count). The van der Waals surface area contributed by atoms with Crippen LogP contribution in [0.4, 0.5) is 0 Å². The Morgan fingerprint density at radius 2 is 1.88 bits per heavy atom. The molecule has 0 unspecified atom stereocenters. The lowest BCUT2D eigenvalue weighted by Gasteiger charge is -1.87. The zero-order valence-corrected chi connectivity index (χ0v) is 5.18. The van der Waals surface area contributed by atoms with E-state index in [4.69, 9.17) is 9.90 Å². The summed E-state index contributed by atoms with van der Waals surface area (Å²) in [6, 6.07) is 0. The quantitative estimate of drug-likeness (QED) is 0.376. The number of carbonyl (C=O) groups excluding carboxylic acids is 1. The Bertz CT molecular complexity index is 56.0. The van der Waals surface area contributed by atoms with E-state index in [0.717, 1.165) is 0 Å². The average molecular weight is 120 g/mol. The highest BCUT2D eigenvalue weighted by atomic mass is 16.4. The summed E-state index contributed by atoms with van der Waals surface area (Å²) in [6.45, 7) is -0.389. The van der Waals surface area contributed by atoms with Crippen LogP contribution in [-0.2, 0) is 4.79 Å². The van der Waals surface area contributed by atoms with Crippen molar-refractivity contribution < 1.29 is 15.2 Å². The minimum Gasteiger partial charge on any atom is -0.549 e. The molecule has 8 heavy (non-hydrogen) atoms. The number of hydrogen-bond donors (Lipinski definition) is 2. The first-order valence-electron chi connectivity index (χ1n) is 2.32. The van der Waals surface area contributed by atoms with Crippen LogP contribution in [0.1, 0.15) is 0 Å². The van der Waals surface area contributed by atoms with Crippen molar-refractivity contribution in [2.45, 2.75) is 0 Å². The fourth-order valence-electron chi connectivity index (χ4n) is 0. The maximum absolute atomic E-state index is 9.13. The maximum Gasteiger partial charge on any atom is 0.0647 e. The van der Waals surface area contributed by atoms with E-state index in [-0.39, 0.29) is 6.54 Å². The van der Waals surface area contributed by atoms with Crippen LogP contribution in [0.25, 0.3) is 0 Å². The van der Waals surface area contributed by atoms with Crippen molar-refractivity contribution >= 4 is 5.97 Å². The fraction of sp³-hybridized carbons (Fsp3) is 0.750. The predicted octanol–water partition coefficient (Wildman–Crippen LogP) is -3.50. The van der Waals surface area contributed by atoms with Crippen LogP contribution < -0.4 is 16.2 Å². The molecule has 0 aromatic rings. The van der Waals surface area contributed by atoms with Gasteiger partial charge in [0.05, 0.1) is 20.1 Å². The third-order valence-electron chi connectivity index (χ3n) is 0.167. The van der Waals surface area contributed by atoms with Gasteiger partial charge in [-0.15, -0.1) is 0 Å². The van der Waals surface area contributed by atoms with Gasteiger partial charge in [0, 0.05) is 6.54 Å². The van der Waals surface area contributed by atoms with Crippen LogP contribution in [0, 0.1) is 0 Å². The molecule has 0 atom stereocenters. The number of carbonyl (C=O) groups is 1. The smallest absolute Gasteiger partial charge is 0.0647 e. The molecule has 4 N–H and O–H groups in total. The van der Waals surface area contributed by atoms with Gasteiger partial charge in [0.25, 0.3) is 0 Å². The van der Waals surface area contributed by atoms with E-state index in [1.807, 2.05) is 19.4 Å². The van der Waals surface area contributed by atoms with E-state index in [1.54, 1.807) is 0 Å². The van der Waals surface area contributed by atoms with Crippen LogP contribution in [0.3, 0.4) is 0 Å². The van der Waals surface area contributed by atoms with E-state index in [1.165, 1.54) is 0 Å². The van der Waals surface area contributed by atoms with Crippen LogP contribution in [-0.4, -0.2) is 26.6 Å². The van der Waals surface area contributed by atoms with Gasteiger partial charge in [-0.25, -0.2) is 0 Å². The number of nitrogens with two attached hydrogens (primary N) is 2. The molecule has 0 spiro atoms. The van der Waals surface area contributed by atoms with Gasteiger partial charge >= 0.3 is 0 Å². The molecule has 0 radical (unpaired) electrons. The third-order valence-corrected chi connectivity index (χ3v) is 0.167. The summed E-state index contributed by atoms with van der Waals surface area (Å²) in [7, 11) is 4.00. The van der Waals surface area contributed by atoms with Crippen molar-refractivity contribution in [2.24, 2.45) is 5.73 Å². The first-order chi connectivity index (χ1) is 3.68. The van der Waals surface area contributed by atoms with Crippen molar-refractivity contribution in [1.82, 2.24) is 0 Å². The molecule has 50 valence electrons. The largest absolute Gasteiger partial charge is 0.549 e. The van der Waals surface area contributed by atoms with Gasteiger partial charge in [-0.1, -0.05) is 0 Å². The van der Waals surface area contributed by atoms with Gasteiger partial charge < -0.3 is 21.0 Å². The molecule has 4 nitrogen and oxygen atoms in total. The van der Waals surface area contributed by atoms with Gasteiger partial charge in [-0.2, -0.15) is 0 Å². The van der Waals surface area contributed by atoms with Crippen molar-refractivity contribution in [1.29, 1.82) is 0 Å². The summed E-state index contributed by atoms with van der Waals surface area (Å²) in [6.07, 6.45) is 0. The molecular formula is C4H12N2O2. The lowest BCUT2D eigenvalue weighted by atomic mass is 10.7. The SMILES string of the molecule is C[NH2+]C.NCC(=O)[O-].